The van der Waals surface area contributed by atoms with E-state index in [9.17, 15) is 13.2 Å². The molecule has 7 nitrogen and oxygen atoms in total. The largest absolute Gasteiger partial charge is 0.346 e. The van der Waals surface area contributed by atoms with Crippen LogP contribution in [0.3, 0.4) is 0 Å². The Morgan fingerprint density at radius 2 is 1.90 bits per heavy atom. The van der Waals surface area contributed by atoms with E-state index in [1.54, 1.807) is 18.2 Å². The minimum absolute atomic E-state index is 0.157. The molecule has 0 spiro atoms. The van der Waals surface area contributed by atoms with Crippen molar-refractivity contribution in [2.45, 2.75) is 30.7 Å². The Labute approximate surface area is 177 Å². The van der Waals surface area contributed by atoms with Gasteiger partial charge < -0.3 is 9.72 Å². The van der Waals surface area contributed by atoms with E-state index in [0.29, 0.717) is 24.3 Å². The average molecular weight is 477 g/mol. The van der Waals surface area contributed by atoms with Crippen LogP contribution < -0.4 is 5.32 Å². The Hall–Kier alpha value is -2.23. The monoisotopic (exact) mass is 476 g/mol. The standard InChI is InChI=1S/C20H21BrN4O3S/c21-16-7-8-19-23-17(14-24(19)13-16)12-22-20(26)15-5-4-6-18(11-15)29(27,28)25-9-2-1-3-10-25/h4-8,11,13-14H,1-3,9-10,12H2,(H,22,26). The van der Waals surface area contributed by atoms with Crippen LogP contribution in [0.25, 0.3) is 5.65 Å². The van der Waals surface area contributed by atoms with Gasteiger partial charge in [-0.1, -0.05) is 12.5 Å². The van der Waals surface area contributed by atoms with E-state index in [0.717, 1.165) is 29.4 Å². The second-order valence-corrected chi connectivity index (χ2v) is 9.87. The molecule has 0 atom stereocenters. The smallest absolute Gasteiger partial charge is 0.251 e. The summed E-state index contributed by atoms with van der Waals surface area (Å²) in [7, 11) is -3.57. The molecule has 1 fully saturated rings. The summed E-state index contributed by atoms with van der Waals surface area (Å²) in [5.74, 6) is -0.334. The normalized spacial score (nSPS) is 15.5. The number of sulfonamides is 1. The molecule has 9 heteroatoms. The number of amides is 1. The molecule has 1 aromatic carbocycles. The zero-order valence-corrected chi connectivity index (χ0v) is 18.1. The molecule has 0 aliphatic carbocycles. The highest BCUT2D eigenvalue weighted by Crippen LogP contribution is 2.21. The van der Waals surface area contributed by atoms with Gasteiger partial charge >= 0.3 is 0 Å². The van der Waals surface area contributed by atoms with Crippen molar-refractivity contribution in [3.05, 3.63) is 64.5 Å². The number of piperidine rings is 1. The minimum atomic E-state index is -3.57. The predicted molar refractivity (Wildman–Crippen MR) is 113 cm³/mol. The highest BCUT2D eigenvalue weighted by Gasteiger charge is 2.26. The molecule has 152 valence electrons. The van der Waals surface area contributed by atoms with Crippen LogP contribution in [0.5, 0.6) is 0 Å². The molecule has 0 unspecified atom stereocenters. The summed E-state index contributed by atoms with van der Waals surface area (Å²) >= 11 is 3.41. The third-order valence-corrected chi connectivity index (χ3v) is 7.31. The van der Waals surface area contributed by atoms with Crippen molar-refractivity contribution >= 4 is 37.5 Å². The molecule has 2 aromatic heterocycles. The lowest BCUT2D eigenvalue weighted by molar-refractivity contribution is 0.0950. The predicted octanol–water partition coefficient (Wildman–Crippen LogP) is 3.20. The summed E-state index contributed by atoms with van der Waals surface area (Å²) < 4.78 is 30.0. The summed E-state index contributed by atoms with van der Waals surface area (Å²) in [6.45, 7) is 1.31. The summed E-state index contributed by atoms with van der Waals surface area (Å²) in [6.07, 6.45) is 6.53. The van der Waals surface area contributed by atoms with Crippen LogP contribution in [0, 0.1) is 0 Å². The van der Waals surface area contributed by atoms with E-state index >= 15 is 0 Å². The number of carbonyl (C=O) groups is 1. The van der Waals surface area contributed by atoms with Gasteiger partial charge in [-0.3, -0.25) is 4.79 Å². The Balaban J connectivity index is 1.47. The molecule has 0 bridgehead atoms. The van der Waals surface area contributed by atoms with Crippen LogP contribution in [-0.4, -0.2) is 41.1 Å². The van der Waals surface area contributed by atoms with Crippen molar-refractivity contribution in [1.82, 2.24) is 19.0 Å². The van der Waals surface area contributed by atoms with Gasteiger partial charge in [0.15, 0.2) is 0 Å². The van der Waals surface area contributed by atoms with Gasteiger partial charge in [0.25, 0.3) is 5.91 Å². The molecule has 0 radical (unpaired) electrons. The van der Waals surface area contributed by atoms with Crippen molar-refractivity contribution < 1.29 is 13.2 Å². The van der Waals surface area contributed by atoms with Gasteiger partial charge in [-0.2, -0.15) is 4.31 Å². The Bertz CT molecular complexity index is 1150. The number of rotatable bonds is 5. The van der Waals surface area contributed by atoms with Crippen molar-refractivity contribution in [2.24, 2.45) is 0 Å². The first-order chi connectivity index (χ1) is 13.9. The molecular formula is C20H21BrN4O3S. The lowest BCUT2D eigenvalue weighted by Gasteiger charge is -2.26. The minimum Gasteiger partial charge on any atom is -0.346 e. The molecule has 29 heavy (non-hydrogen) atoms. The van der Waals surface area contributed by atoms with Crippen LogP contribution in [-0.2, 0) is 16.6 Å². The van der Waals surface area contributed by atoms with Crippen LogP contribution in [0.1, 0.15) is 35.3 Å². The van der Waals surface area contributed by atoms with E-state index in [-0.39, 0.29) is 17.3 Å². The Kier molecular flexibility index (Phi) is 5.71. The second kappa shape index (κ2) is 8.25. The zero-order chi connectivity index (χ0) is 20.4. The maximum absolute atomic E-state index is 12.8. The molecular weight excluding hydrogens is 456 g/mol. The Morgan fingerprint density at radius 3 is 2.69 bits per heavy atom. The molecule has 4 rings (SSSR count). The van der Waals surface area contributed by atoms with E-state index in [2.05, 4.69) is 26.2 Å². The fourth-order valence-electron chi connectivity index (χ4n) is 3.43. The summed E-state index contributed by atoms with van der Waals surface area (Å²) in [5, 5.41) is 2.81. The number of nitrogens with one attached hydrogen (secondary N) is 1. The number of imidazole rings is 1. The first-order valence-electron chi connectivity index (χ1n) is 9.45. The number of hydrogen-bond donors (Lipinski definition) is 1. The summed E-state index contributed by atoms with van der Waals surface area (Å²) in [4.78, 5) is 17.2. The number of aromatic nitrogens is 2. The summed E-state index contributed by atoms with van der Waals surface area (Å²) in [5.41, 5.74) is 1.82. The van der Waals surface area contributed by atoms with E-state index < -0.39 is 10.0 Å². The quantitative estimate of drug-likeness (QED) is 0.612. The fraction of sp³-hybridized carbons (Fsp3) is 0.300. The fourth-order valence-corrected chi connectivity index (χ4v) is 5.34. The van der Waals surface area contributed by atoms with Gasteiger partial charge in [0.2, 0.25) is 10.0 Å². The molecule has 1 amide bonds. The molecule has 1 N–H and O–H groups in total. The maximum atomic E-state index is 12.8. The van der Waals surface area contributed by atoms with Gasteiger partial charge in [-0.05, 0) is 59.1 Å². The first-order valence-corrected chi connectivity index (χ1v) is 11.7. The van der Waals surface area contributed by atoms with Gasteiger partial charge in [0, 0.05) is 35.5 Å². The SMILES string of the molecule is O=C(NCc1cn2cc(Br)ccc2n1)c1cccc(S(=O)(=O)N2CCCCC2)c1. The van der Waals surface area contributed by atoms with Gasteiger partial charge in [-0.15, -0.1) is 0 Å². The number of halogens is 1. The third kappa shape index (κ3) is 4.36. The molecule has 1 saturated heterocycles. The van der Waals surface area contributed by atoms with Crippen LogP contribution in [0.4, 0.5) is 0 Å². The second-order valence-electron chi connectivity index (χ2n) is 7.02. The number of benzene rings is 1. The molecule has 1 aliphatic heterocycles. The van der Waals surface area contributed by atoms with Crippen molar-refractivity contribution in [3.63, 3.8) is 0 Å². The molecule has 3 heterocycles. The Morgan fingerprint density at radius 1 is 1.10 bits per heavy atom. The first kappa shape index (κ1) is 20.1. The molecule has 1 aliphatic rings. The van der Waals surface area contributed by atoms with Gasteiger partial charge in [-0.25, -0.2) is 13.4 Å². The van der Waals surface area contributed by atoms with E-state index in [1.165, 1.54) is 10.4 Å². The zero-order valence-electron chi connectivity index (χ0n) is 15.7. The van der Waals surface area contributed by atoms with Gasteiger partial charge in [0.05, 0.1) is 17.1 Å². The molecule has 3 aromatic rings. The van der Waals surface area contributed by atoms with Crippen LogP contribution in [0.15, 0.2) is 58.2 Å². The van der Waals surface area contributed by atoms with E-state index in [1.807, 2.05) is 28.9 Å². The number of hydrogen-bond acceptors (Lipinski definition) is 4. The number of nitrogens with zero attached hydrogens (tertiary/aromatic N) is 3. The maximum Gasteiger partial charge on any atom is 0.251 e. The van der Waals surface area contributed by atoms with Crippen molar-refractivity contribution in [1.29, 1.82) is 0 Å². The van der Waals surface area contributed by atoms with E-state index in [4.69, 9.17) is 0 Å². The number of pyridine rings is 1. The lowest BCUT2D eigenvalue weighted by atomic mass is 10.2. The highest BCUT2D eigenvalue weighted by atomic mass is 79.9. The third-order valence-electron chi connectivity index (χ3n) is 4.94. The van der Waals surface area contributed by atoms with Crippen molar-refractivity contribution in [3.8, 4) is 0 Å². The number of carbonyl (C=O) groups excluding carboxylic acids is 1. The van der Waals surface area contributed by atoms with Crippen LogP contribution in [0.2, 0.25) is 0 Å². The summed E-state index contributed by atoms with van der Waals surface area (Å²) in [6, 6.07) is 9.99. The van der Waals surface area contributed by atoms with Gasteiger partial charge in [0.1, 0.15) is 5.65 Å². The lowest BCUT2D eigenvalue weighted by Crippen LogP contribution is -2.35. The highest BCUT2D eigenvalue weighted by molar-refractivity contribution is 9.10. The average Bonchev–Trinajstić information content (AvgIpc) is 3.14. The number of fused-ring (bicyclic) bond motifs is 1. The van der Waals surface area contributed by atoms with Crippen LogP contribution >= 0.6 is 15.9 Å². The van der Waals surface area contributed by atoms with Crippen molar-refractivity contribution in [2.75, 3.05) is 13.1 Å². The topological polar surface area (TPSA) is 83.8 Å². The molecule has 0 saturated carbocycles.